The van der Waals surface area contributed by atoms with Gasteiger partial charge in [-0.3, -0.25) is 19.6 Å². The molecule has 1 aliphatic rings. The van der Waals surface area contributed by atoms with Crippen molar-refractivity contribution in [3.63, 3.8) is 0 Å². The summed E-state index contributed by atoms with van der Waals surface area (Å²) in [5.41, 5.74) is 4.57. The molecule has 0 saturated carbocycles. The predicted octanol–water partition coefficient (Wildman–Crippen LogP) is 4.01. The molecular formula is C26H28N4O5. The van der Waals surface area contributed by atoms with E-state index >= 15 is 0 Å². The fraction of sp³-hybridized carbons (Fsp3) is 0.308. The summed E-state index contributed by atoms with van der Waals surface area (Å²) in [6, 6.07) is 15.5. The Kier molecular flexibility index (Phi) is 6.86. The van der Waals surface area contributed by atoms with E-state index in [1.807, 2.05) is 50.2 Å². The molecule has 0 spiro atoms. The zero-order valence-electron chi connectivity index (χ0n) is 19.8. The van der Waals surface area contributed by atoms with Gasteiger partial charge in [0.05, 0.1) is 12.6 Å². The first-order valence-electron chi connectivity index (χ1n) is 11.4. The Morgan fingerprint density at radius 2 is 1.66 bits per heavy atom. The summed E-state index contributed by atoms with van der Waals surface area (Å²) in [6.07, 6.45) is 0.404. The second-order valence-electron chi connectivity index (χ2n) is 8.90. The minimum absolute atomic E-state index is 0.0923. The number of fused-ring (bicyclic) bond motifs is 3. The number of nitrogens with zero attached hydrogens (tertiary/aromatic N) is 2. The Labute approximate surface area is 203 Å². The molecule has 3 N–H and O–H groups in total. The van der Waals surface area contributed by atoms with Crippen LogP contribution in [0.25, 0.3) is 11.1 Å². The van der Waals surface area contributed by atoms with Crippen LogP contribution in [0.15, 0.2) is 54.7 Å². The molecule has 4 rings (SSSR count). The van der Waals surface area contributed by atoms with Crippen LogP contribution in [-0.4, -0.2) is 45.5 Å². The quantitative estimate of drug-likeness (QED) is 0.452. The van der Waals surface area contributed by atoms with E-state index < -0.39 is 24.0 Å². The molecule has 35 heavy (non-hydrogen) atoms. The zero-order valence-corrected chi connectivity index (χ0v) is 19.8. The predicted molar refractivity (Wildman–Crippen MR) is 130 cm³/mol. The summed E-state index contributed by atoms with van der Waals surface area (Å²) in [5, 5.41) is 18.5. The molecule has 2 aromatic carbocycles. The number of anilines is 1. The molecule has 182 valence electrons. The fourth-order valence-corrected chi connectivity index (χ4v) is 4.37. The first kappa shape index (κ1) is 24.0. The highest BCUT2D eigenvalue weighted by molar-refractivity contribution is 6.01. The number of aromatic nitrogens is 2. The van der Waals surface area contributed by atoms with Gasteiger partial charge in [0, 0.05) is 19.0 Å². The molecule has 2 amide bonds. The monoisotopic (exact) mass is 476 g/mol. The van der Waals surface area contributed by atoms with Crippen molar-refractivity contribution in [3.05, 3.63) is 71.4 Å². The van der Waals surface area contributed by atoms with E-state index in [-0.39, 0.29) is 36.2 Å². The van der Waals surface area contributed by atoms with Crippen molar-refractivity contribution >= 4 is 23.8 Å². The van der Waals surface area contributed by atoms with Gasteiger partial charge in [0.1, 0.15) is 18.0 Å². The third-order valence-electron chi connectivity index (χ3n) is 6.26. The number of hydrogen-bond donors (Lipinski definition) is 3. The first-order chi connectivity index (χ1) is 16.8. The SMILES string of the molecule is CC(C)[C@H](CC(=O)O)NC(=O)c1cnn(C)c1NC(=O)OCC1c2ccccc2-c2ccccc21. The van der Waals surface area contributed by atoms with E-state index in [0.29, 0.717) is 0 Å². The number of rotatable bonds is 8. The molecule has 9 nitrogen and oxygen atoms in total. The molecule has 0 bridgehead atoms. The van der Waals surface area contributed by atoms with Crippen molar-refractivity contribution in [3.8, 4) is 11.1 Å². The molecule has 0 aliphatic heterocycles. The number of carbonyl (C=O) groups is 3. The highest BCUT2D eigenvalue weighted by atomic mass is 16.5. The number of carbonyl (C=O) groups excluding carboxylic acids is 2. The molecule has 1 heterocycles. The van der Waals surface area contributed by atoms with Crippen LogP contribution in [0.5, 0.6) is 0 Å². The Morgan fingerprint density at radius 3 is 2.23 bits per heavy atom. The second kappa shape index (κ2) is 10.0. The van der Waals surface area contributed by atoms with Crippen molar-refractivity contribution in [2.45, 2.75) is 32.2 Å². The summed E-state index contributed by atoms with van der Waals surface area (Å²) in [5.74, 6) is -1.55. The van der Waals surface area contributed by atoms with Crippen molar-refractivity contribution < 1.29 is 24.2 Å². The fourth-order valence-electron chi connectivity index (χ4n) is 4.37. The molecular weight excluding hydrogens is 448 g/mol. The van der Waals surface area contributed by atoms with Crippen LogP contribution in [0.1, 0.15) is 47.7 Å². The highest BCUT2D eigenvalue weighted by Crippen LogP contribution is 2.44. The minimum Gasteiger partial charge on any atom is -0.481 e. The van der Waals surface area contributed by atoms with Crippen molar-refractivity contribution in [2.75, 3.05) is 11.9 Å². The van der Waals surface area contributed by atoms with Crippen LogP contribution >= 0.6 is 0 Å². The van der Waals surface area contributed by atoms with Gasteiger partial charge in [-0.1, -0.05) is 62.4 Å². The van der Waals surface area contributed by atoms with Gasteiger partial charge in [-0.25, -0.2) is 4.79 Å². The van der Waals surface area contributed by atoms with Crippen LogP contribution in [0, 0.1) is 5.92 Å². The summed E-state index contributed by atoms with van der Waals surface area (Å²) in [7, 11) is 1.59. The van der Waals surface area contributed by atoms with Crippen molar-refractivity contribution in [1.29, 1.82) is 0 Å². The molecule has 0 unspecified atom stereocenters. The lowest BCUT2D eigenvalue weighted by molar-refractivity contribution is -0.137. The van der Waals surface area contributed by atoms with Gasteiger partial charge < -0.3 is 15.2 Å². The number of aryl methyl sites for hydroxylation is 1. The topological polar surface area (TPSA) is 123 Å². The van der Waals surface area contributed by atoms with Crippen LogP contribution in [-0.2, 0) is 16.6 Å². The third-order valence-corrected chi connectivity index (χ3v) is 6.26. The number of ether oxygens (including phenoxy) is 1. The molecule has 1 atom stereocenters. The number of benzene rings is 2. The maximum Gasteiger partial charge on any atom is 0.412 e. The number of aliphatic carboxylic acids is 1. The van der Waals surface area contributed by atoms with Crippen LogP contribution in [0.2, 0.25) is 0 Å². The van der Waals surface area contributed by atoms with Gasteiger partial charge in [-0.2, -0.15) is 5.10 Å². The summed E-state index contributed by atoms with van der Waals surface area (Å²) >= 11 is 0. The van der Waals surface area contributed by atoms with E-state index in [0.717, 1.165) is 22.3 Å². The van der Waals surface area contributed by atoms with Crippen molar-refractivity contribution in [2.24, 2.45) is 13.0 Å². The number of hydrogen-bond acceptors (Lipinski definition) is 5. The van der Waals surface area contributed by atoms with E-state index in [9.17, 15) is 14.4 Å². The summed E-state index contributed by atoms with van der Waals surface area (Å²) in [4.78, 5) is 36.7. The number of nitrogens with one attached hydrogen (secondary N) is 2. The standard InChI is InChI=1S/C26H28N4O5/c1-15(2)22(12-23(31)32)28-25(33)20-13-27-30(3)24(20)29-26(34)35-14-21-18-10-6-4-8-16(18)17-9-5-7-11-19(17)21/h4-11,13,15,21-22H,12,14H2,1-3H3,(H,28,33)(H,29,34)(H,31,32)/t22-/m0/s1. The van der Waals surface area contributed by atoms with Crippen molar-refractivity contribution in [1.82, 2.24) is 15.1 Å². The van der Waals surface area contributed by atoms with Gasteiger partial charge in [-0.15, -0.1) is 0 Å². The number of amides is 2. The second-order valence-corrected chi connectivity index (χ2v) is 8.90. The summed E-state index contributed by atoms with van der Waals surface area (Å²) < 4.78 is 6.93. The molecule has 0 fully saturated rings. The maximum absolute atomic E-state index is 12.8. The zero-order chi connectivity index (χ0) is 25.1. The molecule has 3 aromatic rings. The van der Waals surface area contributed by atoms with E-state index in [4.69, 9.17) is 9.84 Å². The lowest BCUT2D eigenvalue weighted by Crippen LogP contribution is -2.40. The van der Waals surface area contributed by atoms with Crippen LogP contribution in [0.4, 0.5) is 10.6 Å². The Hall–Kier alpha value is -4.14. The molecule has 0 radical (unpaired) electrons. The Morgan fingerprint density at radius 1 is 1.06 bits per heavy atom. The highest BCUT2D eigenvalue weighted by Gasteiger charge is 2.29. The van der Waals surface area contributed by atoms with E-state index in [1.165, 1.54) is 10.9 Å². The molecule has 1 aromatic heterocycles. The van der Waals surface area contributed by atoms with E-state index in [1.54, 1.807) is 7.05 Å². The summed E-state index contributed by atoms with van der Waals surface area (Å²) in [6.45, 7) is 3.78. The minimum atomic E-state index is -1.01. The first-order valence-corrected chi connectivity index (χ1v) is 11.4. The number of carboxylic acids is 1. The Balaban J connectivity index is 1.45. The normalized spacial score (nSPS) is 13.1. The smallest absolute Gasteiger partial charge is 0.412 e. The van der Waals surface area contributed by atoms with Gasteiger partial charge in [0.2, 0.25) is 0 Å². The molecule has 0 saturated heterocycles. The van der Waals surface area contributed by atoms with Gasteiger partial charge in [0.25, 0.3) is 5.91 Å². The van der Waals surface area contributed by atoms with Gasteiger partial charge in [-0.05, 0) is 28.2 Å². The average Bonchev–Trinajstić information content (AvgIpc) is 3.34. The molecule has 1 aliphatic carbocycles. The largest absolute Gasteiger partial charge is 0.481 e. The van der Waals surface area contributed by atoms with Crippen LogP contribution < -0.4 is 10.6 Å². The van der Waals surface area contributed by atoms with Crippen LogP contribution in [0.3, 0.4) is 0 Å². The van der Waals surface area contributed by atoms with Gasteiger partial charge >= 0.3 is 12.1 Å². The number of carboxylic acid groups (broad SMARTS) is 1. The Bertz CT molecular complexity index is 1220. The maximum atomic E-state index is 12.8. The average molecular weight is 477 g/mol. The third kappa shape index (κ3) is 5.03. The lowest BCUT2D eigenvalue weighted by Gasteiger charge is -2.20. The van der Waals surface area contributed by atoms with E-state index in [2.05, 4.69) is 27.9 Å². The molecule has 9 heteroatoms. The lowest BCUT2D eigenvalue weighted by atomic mass is 9.98. The van der Waals surface area contributed by atoms with Gasteiger partial charge in [0.15, 0.2) is 0 Å².